The summed E-state index contributed by atoms with van der Waals surface area (Å²) in [6.45, 7) is 5.94. The van der Waals surface area contributed by atoms with Gasteiger partial charge in [0, 0.05) is 11.4 Å². The predicted octanol–water partition coefficient (Wildman–Crippen LogP) is 3.76. The van der Waals surface area contributed by atoms with E-state index in [1.165, 1.54) is 11.3 Å². The molecule has 0 aliphatic carbocycles. The van der Waals surface area contributed by atoms with E-state index >= 15 is 0 Å². The van der Waals surface area contributed by atoms with Gasteiger partial charge in [0.25, 0.3) is 5.91 Å². The van der Waals surface area contributed by atoms with Crippen LogP contribution < -0.4 is 11.1 Å². The van der Waals surface area contributed by atoms with Gasteiger partial charge in [0.2, 0.25) is 0 Å². The molecule has 4 heteroatoms. The maximum atomic E-state index is 12.3. The Hall–Kier alpha value is -1.81. The normalized spacial score (nSPS) is 10.5. The molecule has 0 radical (unpaired) electrons. The van der Waals surface area contributed by atoms with Crippen molar-refractivity contribution < 1.29 is 4.79 Å². The van der Waals surface area contributed by atoms with E-state index in [-0.39, 0.29) is 5.91 Å². The summed E-state index contributed by atoms with van der Waals surface area (Å²) in [6.07, 6.45) is 0.867. The van der Waals surface area contributed by atoms with Crippen LogP contribution in [-0.2, 0) is 6.42 Å². The minimum atomic E-state index is -0.0425. The molecular weight excluding hydrogens is 256 g/mol. The van der Waals surface area contributed by atoms with E-state index in [0.717, 1.165) is 39.4 Å². The van der Waals surface area contributed by atoms with Crippen LogP contribution in [0, 0.1) is 13.8 Å². The Morgan fingerprint density at radius 1 is 1.32 bits per heavy atom. The molecule has 1 amide bonds. The number of rotatable bonds is 3. The Morgan fingerprint density at radius 3 is 2.74 bits per heavy atom. The lowest BCUT2D eigenvalue weighted by Gasteiger charge is -2.11. The van der Waals surface area contributed by atoms with Crippen molar-refractivity contribution in [2.45, 2.75) is 27.2 Å². The van der Waals surface area contributed by atoms with Crippen LogP contribution >= 0.6 is 11.3 Å². The van der Waals surface area contributed by atoms with E-state index in [1.807, 2.05) is 37.4 Å². The van der Waals surface area contributed by atoms with Crippen LogP contribution in [0.1, 0.15) is 33.3 Å². The Balaban J connectivity index is 2.27. The zero-order valence-corrected chi connectivity index (χ0v) is 12.2. The number of hydrogen-bond donors (Lipinski definition) is 2. The number of carbonyl (C=O) groups excluding carboxylic acids is 1. The molecule has 19 heavy (non-hydrogen) atoms. The van der Waals surface area contributed by atoms with Crippen LogP contribution in [0.15, 0.2) is 23.6 Å². The van der Waals surface area contributed by atoms with Crippen molar-refractivity contribution in [3.63, 3.8) is 0 Å². The molecule has 0 saturated heterocycles. The van der Waals surface area contributed by atoms with Gasteiger partial charge in [-0.05, 0) is 60.5 Å². The number of aryl methyl sites for hydroxylation is 3. The lowest BCUT2D eigenvalue weighted by Crippen LogP contribution is -2.13. The Labute approximate surface area is 117 Å². The number of nitrogens with two attached hydrogens (primary N) is 1. The summed E-state index contributed by atoms with van der Waals surface area (Å²) in [5.74, 6) is -0.0425. The third-order valence-electron chi connectivity index (χ3n) is 3.20. The molecule has 0 atom stereocenters. The summed E-state index contributed by atoms with van der Waals surface area (Å²) >= 11 is 1.48. The highest BCUT2D eigenvalue weighted by Crippen LogP contribution is 2.24. The molecular formula is C15H18N2OS. The molecule has 1 heterocycles. The van der Waals surface area contributed by atoms with E-state index in [0.29, 0.717) is 0 Å². The molecule has 100 valence electrons. The predicted molar refractivity (Wildman–Crippen MR) is 82.0 cm³/mol. The quantitative estimate of drug-likeness (QED) is 0.837. The summed E-state index contributed by atoms with van der Waals surface area (Å²) in [5, 5.41) is 4.92. The van der Waals surface area contributed by atoms with E-state index in [9.17, 15) is 4.79 Å². The number of thiophene rings is 1. The Kier molecular flexibility index (Phi) is 3.90. The van der Waals surface area contributed by atoms with Crippen molar-refractivity contribution in [3.8, 4) is 0 Å². The van der Waals surface area contributed by atoms with Crippen LogP contribution in [0.3, 0.4) is 0 Å². The smallest absolute Gasteiger partial charge is 0.266 e. The number of nitrogen functional groups attached to an aromatic ring is 1. The number of benzene rings is 1. The zero-order chi connectivity index (χ0) is 14.0. The fourth-order valence-corrected chi connectivity index (χ4v) is 2.86. The third kappa shape index (κ3) is 2.79. The van der Waals surface area contributed by atoms with Gasteiger partial charge in [-0.1, -0.05) is 6.92 Å². The molecule has 0 unspecified atom stereocenters. The van der Waals surface area contributed by atoms with E-state index in [1.54, 1.807) is 0 Å². The van der Waals surface area contributed by atoms with Gasteiger partial charge in [-0.25, -0.2) is 0 Å². The number of amides is 1. The maximum absolute atomic E-state index is 12.3. The first kappa shape index (κ1) is 13.6. The van der Waals surface area contributed by atoms with Gasteiger partial charge in [0.05, 0.1) is 4.88 Å². The molecule has 2 aromatic rings. The molecule has 0 saturated carbocycles. The minimum Gasteiger partial charge on any atom is -0.399 e. The lowest BCUT2D eigenvalue weighted by molar-refractivity contribution is 0.102. The van der Waals surface area contributed by atoms with Crippen LogP contribution in [0.5, 0.6) is 0 Å². The van der Waals surface area contributed by atoms with E-state index in [4.69, 9.17) is 5.73 Å². The fraction of sp³-hybridized carbons (Fsp3) is 0.267. The van der Waals surface area contributed by atoms with Gasteiger partial charge in [0.15, 0.2) is 0 Å². The zero-order valence-electron chi connectivity index (χ0n) is 11.4. The number of carbonyl (C=O) groups is 1. The van der Waals surface area contributed by atoms with Crippen molar-refractivity contribution in [3.05, 3.63) is 45.1 Å². The van der Waals surface area contributed by atoms with Crippen molar-refractivity contribution >= 4 is 28.6 Å². The lowest BCUT2D eigenvalue weighted by atomic mass is 10.1. The molecule has 0 bridgehead atoms. The fourth-order valence-electron chi connectivity index (χ4n) is 1.97. The average molecular weight is 274 g/mol. The molecule has 0 aliphatic heterocycles. The summed E-state index contributed by atoms with van der Waals surface area (Å²) in [7, 11) is 0. The second-order valence-corrected chi connectivity index (χ2v) is 5.52. The van der Waals surface area contributed by atoms with Gasteiger partial charge < -0.3 is 11.1 Å². The third-order valence-corrected chi connectivity index (χ3v) is 4.15. The first-order chi connectivity index (χ1) is 9.02. The highest BCUT2D eigenvalue weighted by Gasteiger charge is 2.13. The summed E-state index contributed by atoms with van der Waals surface area (Å²) in [5.41, 5.74) is 10.5. The molecule has 3 N–H and O–H groups in total. The van der Waals surface area contributed by atoms with E-state index in [2.05, 4.69) is 12.2 Å². The van der Waals surface area contributed by atoms with Gasteiger partial charge in [-0.2, -0.15) is 0 Å². The van der Waals surface area contributed by atoms with Crippen LogP contribution in [0.4, 0.5) is 11.4 Å². The van der Waals surface area contributed by atoms with Crippen molar-refractivity contribution in [2.24, 2.45) is 0 Å². The SMILES string of the molecule is CCc1ccsc1C(=O)Nc1cc(C)c(N)cc1C. The highest BCUT2D eigenvalue weighted by atomic mass is 32.1. The second kappa shape index (κ2) is 5.45. The van der Waals surface area contributed by atoms with Gasteiger partial charge >= 0.3 is 0 Å². The Bertz CT molecular complexity index is 617. The average Bonchev–Trinajstić information content (AvgIpc) is 2.84. The first-order valence-electron chi connectivity index (χ1n) is 6.27. The standard InChI is InChI=1S/C15H18N2OS/c1-4-11-5-6-19-14(11)15(18)17-13-8-9(2)12(16)7-10(13)3/h5-8H,4,16H2,1-3H3,(H,17,18). The number of anilines is 2. The molecule has 0 fully saturated rings. The summed E-state index contributed by atoms with van der Waals surface area (Å²) in [4.78, 5) is 13.1. The van der Waals surface area contributed by atoms with Crippen molar-refractivity contribution in [1.82, 2.24) is 0 Å². The maximum Gasteiger partial charge on any atom is 0.266 e. The monoisotopic (exact) mass is 274 g/mol. The van der Waals surface area contributed by atoms with Crippen LogP contribution in [-0.4, -0.2) is 5.91 Å². The molecule has 3 nitrogen and oxygen atoms in total. The summed E-state index contributed by atoms with van der Waals surface area (Å²) < 4.78 is 0. The van der Waals surface area contributed by atoms with Crippen molar-refractivity contribution in [1.29, 1.82) is 0 Å². The topological polar surface area (TPSA) is 55.1 Å². The molecule has 1 aromatic carbocycles. The molecule has 0 spiro atoms. The first-order valence-corrected chi connectivity index (χ1v) is 7.15. The van der Waals surface area contributed by atoms with Gasteiger partial charge in [-0.3, -0.25) is 4.79 Å². The largest absolute Gasteiger partial charge is 0.399 e. The Morgan fingerprint density at radius 2 is 2.05 bits per heavy atom. The van der Waals surface area contributed by atoms with Gasteiger partial charge in [0.1, 0.15) is 0 Å². The molecule has 2 rings (SSSR count). The summed E-state index contributed by atoms with van der Waals surface area (Å²) in [6, 6.07) is 5.81. The molecule has 1 aromatic heterocycles. The number of hydrogen-bond acceptors (Lipinski definition) is 3. The van der Waals surface area contributed by atoms with Crippen LogP contribution in [0.25, 0.3) is 0 Å². The number of nitrogens with one attached hydrogen (secondary N) is 1. The second-order valence-electron chi connectivity index (χ2n) is 4.61. The molecule has 0 aliphatic rings. The minimum absolute atomic E-state index is 0.0425. The van der Waals surface area contributed by atoms with Crippen LogP contribution in [0.2, 0.25) is 0 Å². The van der Waals surface area contributed by atoms with E-state index < -0.39 is 0 Å². The van der Waals surface area contributed by atoms with Crippen molar-refractivity contribution in [2.75, 3.05) is 11.1 Å². The highest BCUT2D eigenvalue weighted by molar-refractivity contribution is 7.12. The van der Waals surface area contributed by atoms with Gasteiger partial charge in [-0.15, -0.1) is 11.3 Å².